The summed E-state index contributed by atoms with van der Waals surface area (Å²) < 4.78 is 5.58. The van der Waals surface area contributed by atoms with Crippen molar-refractivity contribution in [1.29, 1.82) is 0 Å². The minimum Gasteiger partial charge on any atom is -0.494 e. The third-order valence-electron chi connectivity index (χ3n) is 5.29. The molecule has 2 aromatic rings. The predicted octanol–water partition coefficient (Wildman–Crippen LogP) is 3.92. The van der Waals surface area contributed by atoms with E-state index in [-0.39, 0.29) is 11.8 Å². The summed E-state index contributed by atoms with van der Waals surface area (Å²) in [5, 5.41) is 3.12. The van der Waals surface area contributed by atoms with Gasteiger partial charge in [0.15, 0.2) is 0 Å². The summed E-state index contributed by atoms with van der Waals surface area (Å²) in [6.07, 6.45) is 1.84. The quantitative estimate of drug-likeness (QED) is 0.807. The number of amides is 1. The second kappa shape index (κ2) is 9.56. The molecule has 4 heteroatoms. The molecule has 2 aromatic carbocycles. The Hall–Kier alpha value is -2.33. The van der Waals surface area contributed by atoms with Crippen LogP contribution in [0.1, 0.15) is 36.5 Å². The van der Waals surface area contributed by atoms with Crippen LogP contribution in [0.2, 0.25) is 0 Å². The molecule has 1 N–H and O–H groups in total. The number of nitrogens with zero attached hydrogens (tertiary/aromatic N) is 1. The molecule has 0 bridgehead atoms. The number of carbonyl (C=O) groups is 1. The minimum atomic E-state index is 0.125. The van der Waals surface area contributed by atoms with Crippen LogP contribution in [0.25, 0.3) is 0 Å². The smallest absolute Gasteiger partial charge is 0.223 e. The van der Waals surface area contributed by atoms with Crippen LogP contribution in [0.15, 0.2) is 48.5 Å². The number of ether oxygens (including phenoxy) is 1. The number of piperidine rings is 1. The molecule has 4 nitrogen and oxygen atoms in total. The number of nitrogens with one attached hydrogen (secondary N) is 1. The molecule has 0 atom stereocenters. The molecule has 1 aliphatic rings. The molecule has 144 valence electrons. The summed E-state index contributed by atoms with van der Waals surface area (Å²) in [7, 11) is 0. The maximum absolute atomic E-state index is 12.5. The summed E-state index contributed by atoms with van der Waals surface area (Å²) in [5.74, 6) is 1.25. The van der Waals surface area contributed by atoms with E-state index < -0.39 is 0 Å². The Balaban J connectivity index is 1.45. The van der Waals surface area contributed by atoms with E-state index in [1.165, 1.54) is 16.7 Å². The Morgan fingerprint density at radius 1 is 1.15 bits per heavy atom. The Labute approximate surface area is 162 Å². The summed E-state index contributed by atoms with van der Waals surface area (Å²) >= 11 is 0. The third-order valence-corrected chi connectivity index (χ3v) is 5.29. The van der Waals surface area contributed by atoms with Crippen molar-refractivity contribution in [2.24, 2.45) is 5.92 Å². The Bertz CT molecular complexity index is 752. The lowest BCUT2D eigenvalue weighted by atomic mass is 9.95. The van der Waals surface area contributed by atoms with Crippen LogP contribution in [0.3, 0.4) is 0 Å². The van der Waals surface area contributed by atoms with Crippen molar-refractivity contribution in [2.45, 2.75) is 39.8 Å². The normalized spacial score (nSPS) is 15.5. The number of hydrogen-bond acceptors (Lipinski definition) is 3. The van der Waals surface area contributed by atoms with E-state index in [2.05, 4.69) is 41.4 Å². The van der Waals surface area contributed by atoms with E-state index in [1.807, 2.05) is 31.2 Å². The molecule has 3 rings (SSSR count). The number of hydrogen-bond donors (Lipinski definition) is 1. The number of likely N-dealkylation sites (tertiary alicyclic amines) is 1. The standard InChI is InChI=1S/C23H30N2O2/c1-3-27-22-10-6-8-19(15-22)17-25-13-11-20(12-14-25)23(26)24-16-21-9-5-4-7-18(21)2/h4-10,15,20H,3,11-14,16-17H2,1-2H3,(H,24,26). The van der Waals surface area contributed by atoms with Gasteiger partial charge >= 0.3 is 0 Å². The molecule has 0 radical (unpaired) electrons. The van der Waals surface area contributed by atoms with Crippen molar-refractivity contribution in [1.82, 2.24) is 10.2 Å². The van der Waals surface area contributed by atoms with Gasteiger partial charge in [0, 0.05) is 19.0 Å². The predicted molar refractivity (Wildman–Crippen MR) is 109 cm³/mol. The SMILES string of the molecule is CCOc1cccc(CN2CCC(C(=O)NCc3ccccc3C)CC2)c1. The van der Waals surface area contributed by atoms with E-state index >= 15 is 0 Å². The average Bonchev–Trinajstić information content (AvgIpc) is 2.68. The fraction of sp³-hybridized carbons (Fsp3) is 0.435. The van der Waals surface area contributed by atoms with E-state index in [0.717, 1.165) is 38.2 Å². The van der Waals surface area contributed by atoms with Crippen molar-refractivity contribution >= 4 is 5.91 Å². The number of benzene rings is 2. The van der Waals surface area contributed by atoms with Gasteiger partial charge in [-0.2, -0.15) is 0 Å². The maximum atomic E-state index is 12.5. The second-order valence-electron chi connectivity index (χ2n) is 7.28. The molecule has 27 heavy (non-hydrogen) atoms. The number of rotatable bonds is 7. The topological polar surface area (TPSA) is 41.6 Å². The molecule has 1 saturated heterocycles. The van der Waals surface area contributed by atoms with Crippen molar-refractivity contribution in [3.8, 4) is 5.75 Å². The van der Waals surface area contributed by atoms with Gasteiger partial charge in [-0.15, -0.1) is 0 Å². The Morgan fingerprint density at radius 2 is 1.93 bits per heavy atom. The Morgan fingerprint density at radius 3 is 2.67 bits per heavy atom. The first-order valence-electron chi connectivity index (χ1n) is 9.92. The van der Waals surface area contributed by atoms with E-state index in [9.17, 15) is 4.79 Å². The molecular weight excluding hydrogens is 336 g/mol. The molecule has 1 fully saturated rings. The highest BCUT2D eigenvalue weighted by Gasteiger charge is 2.24. The molecule has 1 amide bonds. The van der Waals surface area contributed by atoms with Crippen LogP contribution < -0.4 is 10.1 Å². The molecule has 0 aromatic heterocycles. The lowest BCUT2D eigenvalue weighted by molar-refractivity contribution is -0.126. The molecule has 0 saturated carbocycles. The van der Waals surface area contributed by atoms with Crippen LogP contribution in [0, 0.1) is 12.8 Å². The first kappa shape index (κ1) is 19.4. The van der Waals surface area contributed by atoms with E-state index in [0.29, 0.717) is 13.2 Å². The van der Waals surface area contributed by atoms with Gasteiger partial charge in [-0.1, -0.05) is 36.4 Å². The molecule has 0 spiro atoms. The van der Waals surface area contributed by atoms with Crippen molar-refractivity contribution in [2.75, 3.05) is 19.7 Å². The maximum Gasteiger partial charge on any atom is 0.223 e. The largest absolute Gasteiger partial charge is 0.494 e. The van der Waals surface area contributed by atoms with Gasteiger partial charge in [0.2, 0.25) is 5.91 Å². The van der Waals surface area contributed by atoms with Crippen LogP contribution in [-0.2, 0) is 17.9 Å². The molecule has 0 aliphatic carbocycles. The average molecular weight is 367 g/mol. The number of aryl methyl sites for hydroxylation is 1. The zero-order valence-corrected chi connectivity index (χ0v) is 16.4. The van der Waals surface area contributed by atoms with Crippen molar-refractivity contribution in [3.63, 3.8) is 0 Å². The molecule has 1 heterocycles. The lowest BCUT2D eigenvalue weighted by Crippen LogP contribution is -2.40. The minimum absolute atomic E-state index is 0.125. The number of carbonyl (C=O) groups excluding carboxylic acids is 1. The van der Waals surface area contributed by atoms with Crippen molar-refractivity contribution < 1.29 is 9.53 Å². The van der Waals surface area contributed by atoms with E-state index in [1.54, 1.807) is 0 Å². The van der Waals surface area contributed by atoms with Crippen LogP contribution in [0.4, 0.5) is 0 Å². The molecule has 1 aliphatic heterocycles. The van der Waals surface area contributed by atoms with Gasteiger partial charge in [-0.3, -0.25) is 9.69 Å². The highest BCUT2D eigenvalue weighted by molar-refractivity contribution is 5.78. The monoisotopic (exact) mass is 366 g/mol. The highest BCUT2D eigenvalue weighted by atomic mass is 16.5. The first-order valence-corrected chi connectivity index (χ1v) is 9.92. The van der Waals surface area contributed by atoms with E-state index in [4.69, 9.17) is 4.74 Å². The summed E-state index contributed by atoms with van der Waals surface area (Å²) in [4.78, 5) is 14.9. The van der Waals surface area contributed by atoms with Crippen LogP contribution in [-0.4, -0.2) is 30.5 Å². The van der Waals surface area contributed by atoms with Gasteiger partial charge in [0.25, 0.3) is 0 Å². The fourth-order valence-corrected chi connectivity index (χ4v) is 3.65. The fourth-order valence-electron chi connectivity index (χ4n) is 3.65. The summed E-state index contributed by atoms with van der Waals surface area (Å²) in [6.45, 7) is 8.23. The highest BCUT2D eigenvalue weighted by Crippen LogP contribution is 2.21. The van der Waals surface area contributed by atoms with Gasteiger partial charge in [-0.05, 0) is 68.6 Å². The third kappa shape index (κ3) is 5.57. The van der Waals surface area contributed by atoms with Gasteiger partial charge < -0.3 is 10.1 Å². The van der Waals surface area contributed by atoms with Gasteiger partial charge in [0.1, 0.15) is 5.75 Å². The van der Waals surface area contributed by atoms with Crippen molar-refractivity contribution in [3.05, 3.63) is 65.2 Å². The lowest BCUT2D eigenvalue weighted by Gasteiger charge is -2.31. The first-order chi connectivity index (χ1) is 13.2. The zero-order valence-electron chi connectivity index (χ0n) is 16.4. The molecule has 0 unspecified atom stereocenters. The van der Waals surface area contributed by atoms with Gasteiger partial charge in [0.05, 0.1) is 6.61 Å². The van der Waals surface area contributed by atoms with Crippen LogP contribution >= 0.6 is 0 Å². The van der Waals surface area contributed by atoms with Gasteiger partial charge in [-0.25, -0.2) is 0 Å². The molecular formula is C23H30N2O2. The Kier molecular flexibility index (Phi) is 6.88. The zero-order chi connectivity index (χ0) is 19.1. The second-order valence-corrected chi connectivity index (χ2v) is 7.28. The summed E-state index contributed by atoms with van der Waals surface area (Å²) in [6, 6.07) is 16.5. The summed E-state index contributed by atoms with van der Waals surface area (Å²) in [5.41, 5.74) is 3.68. The van der Waals surface area contributed by atoms with Crippen LogP contribution in [0.5, 0.6) is 5.75 Å².